The fraction of sp³-hybridized carbons (Fsp3) is 0.200. The number of nitrogens with zero attached hydrogens (tertiary/aromatic N) is 4. The molecule has 2 aromatic carbocycles. The number of pyridine rings is 1. The third-order valence-electron chi connectivity index (χ3n) is 5.19. The van der Waals surface area contributed by atoms with Crippen LogP contribution in [0.2, 0.25) is 5.02 Å². The molecule has 1 N–H and O–H groups in total. The molecule has 2 heterocycles. The maximum Gasteiger partial charge on any atom is 0.237 e. The summed E-state index contributed by atoms with van der Waals surface area (Å²) in [7, 11) is 0. The van der Waals surface area contributed by atoms with Crippen LogP contribution in [0.5, 0.6) is 0 Å². The highest BCUT2D eigenvalue weighted by molar-refractivity contribution is 8.00. The van der Waals surface area contributed by atoms with Crippen molar-refractivity contribution in [1.29, 1.82) is 0 Å². The summed E-state index contributed by atoms with van der Waals surface area (Å²) in [4.78, 5) is 17.1. The number of rotatable bonds is 7. The van der Waals surface area contributed by atoms with Gasteiger partial charge in [-0.2, -0.15) is 0 Å². The van der Waals surface area contributed by atoms with Crippen molar-refractivity contribution in [2.75, 3.05) is 5.32 Å². The van der Waals surface area contributed by atoms with Gasteiger partial charge in [-0.05, 0) is 54.8 Å². The average molecular weight is 496 g/mol. The number of anilines is 1. The lowest BCUT2D eigenvalue weighted by Gasteiger charge is -2.18. The first kappa shape index (κ1) is 23.9. The molecule has 4 rings (SSSR count). The summed E-state index contributed by atoms with van der Waals surface area (Å²) in [6.07, 6.45) is 3.44. The molecule has 9 heteroatoms. The van der Waals surface area contributed by atoms with Gasteiger partial charge in [0.25, 0.3) is 0 Å². The number of amides is 1. The predicted octanol–water partition coefficient (Wildman–Crippen LogP) is 6.36. The summed E-state index contributed by atoms with van der Waals surface area (Å²) in [6.45, 7) is 6.03. The lowest BCUT2D eigenvalue weighted by Crippen LogP contribution is -2.23. The highest BCUT2D eigenvalue weighted by Gasteiger charge is 2.24. The molecular formula is C25H23ClFN5OS. The first-order valence-corrected chi connectivity index (χ1v) is 12.0. The monoisotopic (exact) mass is 495 g/mol. The van der Waals surface area contributed by atoms with E-state index < -0.39 is 11.1 Å². The van der Waals surface area contributed by atoms with Crippen LogP contribution in [0.1, 0.15) is 32.3 Å². The lowest BCUT2D eigenvalue weighted by molar-refractivity contribution is -0.115. The van der Waals surface area contributed by atoms with Crippen LogP contribution >= 0.6 is 23.4 Å². The van der Waals surface area contributed by atoms with Gasteiger partial charge in [0, 0.05) is 18.0 Å². The van der Waals surface area contributed by atoms with E-state index >= 15 is 0 Å². The zero-order valence-corrected chi connectivity index (χ0v) is 20.4. The molecule has 0 saturated carbocycles. The van der Waals surface area contributed by atoms with Gasteiger partial charge in [-0.3, -0.25) is 14.3 Å². The Hall–Kier alpha value is -3.23. The summed E-state index contributed by atoms with van der Waals surface area (Å²) in [5.74, 6) is 0.149. The maximum atomic E-state index is 13.3. The van der Waals surface area contributed by atoms with E-state index in [0.29, 0.717) is 16.7 Å². The quantitative estimate of drug-likeness (QED) is 0.302. The highest BCUT2D eigenvalue weighted by atomic mass is 35.5. The minimum atomic E-state index is -0.531. The van der Waals surface area contributed by atoms with Crippen molar-refractivity contribution in [2.45, 2.75) is 37.1 Å². The first-order valence-electron chi connectivity index (χ1n) is 10.7. The molecule has 1 atom stereocenters. The van der Waals surface area contributed by atoms with Crippen molar-refractivity contribution in [3.05, 3.63) is 83.4 Å². The Labute approximate surface area is 206 Å². The molecule has 2 aromatic heterocycles. The van der Waals surface area contributed by atoms with Crippen molar-refractivity contribution in [3.8, 4) is 17.1 Å². The number of nitrogens with one attached hydrogen (secondary N) is 1. The standard InChI is InChI=1S/C25H23ClFN5OS/c1-15(2)19-8-4-5-9-22(19)32-23(17-7-6-12-28-14-17)30-31-25(32)34-16(3)24(33)29-21-11-10-18(27)13-20(21)26/h4-16H,1-3H3,(H,29,33). The predicted molar refractivity (Wildman–Crippen MR) is 134 cm³/mol. The van der Waals surface area contributed by atoms with Crippen molar-refractivity contribution in [1.82, 2.24) is 19.7 Å². The smallest absolute Gasteiger partial charge is 0.237 e. The zero-order chi connectivity index (χ0) is 24.2. The van der Waals surface area contributed by atoms with Crippen LogP contribution in [0, 0.1) is 5.82 Å². The molecule has 1 unspecified atom stereocenters. The highest BCUT2D eigenvalue weighted by Crippen LogP contribution is 2.34. The maximum absolute atomic E-state index is 13.3. The summed E-state index contributed by atoms with van der Waals surface area (Å²) in [6, 6.07) is 15.7. The number of carbonyl (C=O) groups is 1. The number of benzene rings is 2. The van der Waals surface area contributed by atoms with Crippen molar-refractivity contribution in [3.63, 3.8) is 0 Å². The molecule has 0 spiro atoms. The first-order chi connectivity index (χ1) is 16.3. The third kappa shape index (κ3) is 5.13. The number of halogens is 2. The fourth-order valence-electron chi connectivity index (χ4n) is 3.46. The van der Waals surface area contributed by atoms with Crippen LogP contribution in [0.15, 0.2) is 72.1 Å². The summed E-state index contributed by atoms with van der Waals surface area (Å²) < 4.78 is 15.3. The van der Waals surface area contributed by atoms with Crippen LogP contribution in [0.4, 0.5) is 10.1 Å². The van der Waals surface area contributed by atoms with E-state index in [9.17, 15) is 9.18 Å². The van der Waals surface area contributed by atoms with Crippen LogP contribution in [0.25, 0.3) is 17.1 Å². The second-order valence-electron chi connectivity index (χ2n) is 7.97. The lowest BCUT2D eigenvalue weighted by atomic mass is 10.0. The van der Waals surface area contributed by atoms with Gasteiger partial charge in [-0.1, -0.05) is 55.4 Å². The van der Waals surface area contributed by atoms with E-state index in [1.54, 1.807) is 19.3 Å². The Morgan fingerprint density at radius 2 is 1.88 bits per heavy atom. The van der Waals surface area contributed by atoms with Crippen molar-refractivity contribution >= 4 is 35.0 Å². The molecule has 174 valence electrons. The van der Waals surface area contributed by atoms with Crippen LogP contribution in [-0.2, 0) is 4.79 Å². The van der Waals surface area contributed by atoms with Gasteiger partial charge in [0.15, 0.2) is 11.0 Å². The summed E-state index contributed by atoms with van der Waals surface area (Å²) in [5.41, 5.74) is 3.24. The number of carbonyl (C=O) groups excluding carboxylic acids is 1. The fourth-order valence-corrected chi connectivity index (χ4v) is 4.54. The number of para-hydroxylation sites is 1. The number of thioether (sulfide) groups is 1. The molecule has 1 amide bonds. The van der Waals surface area contributed by atoms with Crippen LogP contribution in [-0.4, -0.2) is 30.9 Å². The molecule has 34 heavy (non-hydrogen) atoms. The summed E-state index contributed by atoms with van der Waals surface area (Å²) >= 11 is 7.35. The molecule has 0 radical (unpaired) electrons. The molecule has 0 aliphatic carbocycles. The molecule has 0 aliphatic heterocycles. The Bertz CT molecular complexity index is 1310. The average Bonchev–Trinajstić information content (AvgIpc) is 3.24. The van der Waals surface area contributed by atoms with Gasteiger partial charge >= 0.3 is 0 Å². The van der Waals surface area contributed by atoms with Crippen molar-refractivity contribution < 1.29 is 9.18 Å². The molecule has 0 bridgehead atoms. The van der Waals surface area contributed by atoms with Gasteiger partial charge in [0.1, 0.15) is 5.82 Å². The van der Waals surface area contributed by atoms with Gasteiger partial charge in [-0.15, -0.1) is 10.2 Å². The van der Waals surface area contributed by atoms with Gasteiger partial charge in [0.05, 0.1) is 21.6 Å². The number of hydrogen-bond donors (Lipinski definition) is 1. The summed E-state index contributed by atoms with van der Waals surface area (Å²) in [5, 5.41) is 11.8. The second kappa shape index (κ2) is 10.4. The topological polar surface area (TPSA) is 72.7 Å². The van der Waals surface area contributed by atoms with Crippen LogP contribution in [0.3, 0.4) is 0 Å². The van der Waals surface area contributed by atoms with E-state index in [1.807, 2.05) is 34.9 Å². The van der Waals surface area contributed by atoms with Crippen LogP contribution < -0.4 is 5.32 Å². The van der Waals surface area contributed by atoms with E-state index in [2.05, 4.69) is 40.4 Å². The Morgan fingerprint density at radius 3 is 2.59 bits per heavy atom. The Kier molecular flexibility index (Phi) is 7.29. The second-order valence-corrected chi connectivity index (χ2v) is 9.69. The molecule has 0 aliphatic rings. The third-order valence-corrected chi connectivity index (χ3v) is 6.55. The Morgan fingerprint density at radius 1 is 1.09 bits per heavy atom. The minimum Gasteiger partial charge on any atom is -0.324 e. The molecular weight excluding hydrogens is 473 g/mol. The molecule has 6 nitrogen and oxygen atoms in total. The van der Waals surface area contributed by atoms with Gasteiger partial charge in [-0.25, -0.2) is 4.39 Å². The molecule has 4 aromatic rings. The SMILES string of the molecule is CC(Sc1nnc(-c2cccnc2)n1-c1ccccc1C(C)C)C(=O)Nc1ccc(F)cc1Cl. The Balaban J connectivity index is 1.70. The largest absolute Gasteiger partial charge is 0.324 e. The number of aromatic nitrogens is 4. The van der Waals surface area contributed by atoms with Gasteiger partial charge < -0.3 is 5.32 Å². The minimum absolute atomic E-state index is 0.137. The number of hydrogen-bond acceptors (Lipinski definition) is 5. The van der Waals surface area contributed by atoms with Crippen molar-refractivity contribution in [2.24, 2.45) is 0 Å². The van der Waals surface area contributed by atoms with E-state index in [0.717, 1.165) is 22.9 Å². The van der Waals surface area contributed by atoms with Gasteiger partial charge in [0.2, 0.25) is 5.91 Å². The molecule has 0 fully saturated rings. The van der Waals surface area contributed by atoms with E-state index in [-0.39, 0.29) is 16.8 Å². The normalized spacial score (nSPS) is 12.1. The van der Waals surface area contributed by atoms with E-state index in [1.165, 1.54) is 23.9 Å². The van der Waals surface area contributed by atoms with E-state index in [4.69, 9.17) is 11.6 Å². The molecule has 0 saturated heterocycles. The zero-order valence-electron chi connectivity index (χ0n) is 18.9.